The van der Waals surface area contributed by atoms with E-state index in [4.69, 9.17) is 5.73 Å². The third-order valence-corrected chi connectivity index (χ3v) is 4.73. The van der Waals surface area contributed by atoms with Crippen LogP contribution in [0.4, 0.5) is 17.6 Å². The first-order valence-electron chi connectivity index (χ1n) is 7.24. The van der Waals surface area contributed by atoms with Gasteiger partial charge in [-0.3, -0.25) is 4.90 Å². The van der Waals surface area contributed by atoms with Crippen molar-refractivity contribution in [3.8, 4) is 0 Å². The van der Waals surface area contributed by atoms with E-state index in [1.165, 1.54) is 0 Å². The maximum Gasteiger partial charge on any atom is 0.391 e. The molecule has 2 fully saturated rings. The van der Waals surface area contributed by atoms with Crippen LogP contribution in [0.1, 0.15) is 32.1 Å². The van der Waals surface area contributed by atoms with Crippen LogP contribution >= 0.6 is 0 Å². The van der Waals surface area contributed by atoms with Gasteiger partial charge in [0.2, 0.25) is 0 Å². The number of nitrogens with zero attached hydrogens (tertiary/aromatic N) is 1. The standard InChI is InChI=1S/C13H23F4N3/c1-19-12-11(18)10(14)6-7-20(12)9-4-2-8(3-5-9)13(15,16)17/h8-12,19H,2-7,18H2,1H3. The molecule has 0 aromatic carbocycles. The SMILES string of the molecule is CNC1C(N)C(F)CCN1C1CCC(C(F)(F)F)CC1. The average Bonchev–Trinajstić information content (AvgIpc) is 2.41. The number of nitrogens with one attached hydrogen (secondary N) is 1. The maximum absolute atomic E-state index is 13.6. The van der Waals surface area contributed by atoms with E-state index in [9.17, 15) is 17.6 Å². The molecule has 20 heavy (non-hydrogen) atoms. The normalized spacial score (nSPS) is 40.8. The van der Waals surface area contributed by atoms with Crippen molar-refractivity contribution < 1.29 is 17.6 Å². The molecule has 118 valence electrons. The highest BCUT2D eigenvalue weighted by Gasteiger charge is 2.44. The van der Waals surface area contributed by atoms with Crippen LogP contribution in [0.5, 0.6) is 0 Å². The van der Waals surface area contributed by atoms with Gasteiger partial charge in [0, 0.05) is 12.6 Å². The molecule has 1 aliphatic heterocycles. The molecule has 0 bridgehead atoms. The minimum atomic E-state index is -4.09. The van der Waals surface area contributed by atoms with Crippen molar-refractivity contribution in [2.75, 3.05) is 13.6 Å². The second-order valence-electron chi connectivity index (χ2n) is 5.90. The molecule has 1 aliphatic carbocycles. The molecule has 0 spiro atoms. The summed E-state index contributed by atoms with van der Waals surface area (Å²) in [5, 5.41) is 3.01. The first-order chi connectivity index (χ1) is 9.34. The molecule has 0 aromatic rings. The molecule has 1 saturated carbocycles. The lowest BCUT2D eigenvalue weighted by molar-refractivity contribution is -0.185. The van der Waals surface area contributed by atoms with Crippen LogP contribution in [0, 0.1) is 5.92 Å². The number of likely N-dealkylation sites (tertiary alicyclic amines) is 1. The van der Waals surface area contributed by atoms with E-state index < -0.39 is 24.3 Å². The van der Waals surface area contributed by atoms with E-state index in [2.05, 4.69) is 10.2 Å². The Morgan fingerprint density at radius 2 is 1.70 bits per heavy atom. The van der Waals surface area contributed by atoms with Crippen LogP contribution in [-0.4, -0.2) is 49.1 Å². The molecule has 1 heterocycles. The van der Waals surface area contributed by atoms with E-state index in [0.717, 1.165) is 0 Å². The predicted octanol–water partition coefficient (Wildman–Crippen LogP) is 2.02. The van der Waals surface area contributed by atoms with E-state index >= 15 is 0 Å². The molecule has 0 amide bonds. The summed E-state index contributed by atoms with van der Waals surface area (Å²) in [5.74, 6) is -1.18. The van der Waals surface area contributed by atoms with E-state index in [0.29, 0.717) is 25.8 Å². The van der Waals surface area contributed by atoms with Gasteiger partial charge in [0.05, 0.1) is 18.1 Å². The van der Waals surface area contributed by atoms with Gasteiger partial charge in [-0.15, -0.1) is 0 Å². The van der Waals surface area contributed by atoms with Crippen LogP contribution < -0.4 is 11.1 Å². The summed E-state index contributed by atoms with van der Waals surface area (Å²) in [6.07, 6.45) is -3.72. The molecule has 0 radical (unpaired) electrons. The number of alkyl halides is 4. The predicted molar refractivity (Wildman–Crippen MR) is 68.8 cm³/mol. The number of hydrogen-bond acceptors (Lipinski definition) is 3. The molecular weight excluding hydrogens is 274 g/mol. The van der Waals surface area contributed by atoms with Crippen LogP contribution in [-0.2, 0) is 0 Å². The monoisotopic (exact) mass is 297 g/mol. The van der Waals surface area contributed by atoms with Gasteiger partial charge in [0.25, 0.3) is 0 Å². The zero-order valence-electron chi connectivity index (χ0n) is 11.7. The molecule has 3 atom stereocenters. The minimum Gasteiger partial charge on any atom is -0.323 e. The molecular formula is C13H23F4N3. The molecule has 2 rings (SSSR count). The second-order valence-corrected chi connectivity index (χ2v) is 5.90. The zero-order valence-corrected chi connectivity index (χ0v) is 11.7. The number of halogens is 4. The Hall–Kier alpha value is -0.400. The average molecular weight is 297 g/mol. The first kappa shape index (κ1) is 16.0. The first-order valence-corrected chi connectivity index (χ1v) is 7.24. The van der Waals surface area contributed by atoms with Crippen molar-refractivity contribution in [2.24, 2.45) is 11.7 Å². The van der Waals surface area contributed by atoms with E-state index in [1.54, 1.807) is 7.05 Å². The number of likely N-dealkylation sites (N-methyl/N-ethyl adjacent to an activating group) is 1. The number of piperidine rings is 1. The van der Waals surface area contributed by atoms with Crippen molar-refractivity contribution in [3.63, 3.8) is 0 Å². The van der Waals surface area contributed by atoms with Gasteiger partial charge in [0.1, 0.15) is 6.17 Å². The Bertz CT molecular complexity index is 315. The van der Waals surface area contributed by atoms with Gasteiger partial charge >= 0.3 is 6.18 Å². The maximum atomic E-state index is 13.6. The van der Waals surface area contributed by atoms with Gasteiger partial charge in [-0.1, -0.05) is 0 Å². The third kappa shape index (κ3) is 3.26. The highest BCUT2D eigenvalue weighted by Crippen LogP contribution is 2.39. The highest BCUT2D eigenvalue weighted by atomic mass is 19.4. The van der Waals surface area contributed by atoms with Crippen LogP contribution in [0.15, 0.2) is 0 Å². The smallest absolute Gasteiger partial charge is 0.323 e. The van der Waals surface area contributed by atoms with Crippen molar-refractivity contribution >= 4 is 0 Å². The molecule has 1 saturated heterocycles. The Kier molecular flexibility index (Phi) is 4.92. The van der Waals surface area contributed by atoms with Crippen LogP contribution in [0.2, 0.25) is 0 Å². The molecule has 3 nitrogen and oxygen atoms in total. The van der Waals surface area contributed by atoms with Gasteiger partial charge in [-0.05, 0) is 39.2 Å². The number of hydrogen-bond donors (Lipinski definition) is 2. The summed E-state index contributed by atoms with van der Waals surface area (Å²) in [7, 11) is 1.72. The van der Waals surface area contributed by atoms with Gasteiger partial charge in [-0.2, -0.15) is 13.2 Å². The van der Waals surface area contributed by atoms with Crippen molar-refractivity contribution in [1.29, 1.82) is 0 Å². The number of rotatable bonds is 2. The Balaban J connectivity index is 1.96. The van der Waals surface area contributed by atoms with Crippen molar-refractivity contribution in [2.45, 2.75) is 62.7 Å². The van der Waals surface area contributed by atoms with Crippen molar-refractivity contribution in [1.82, 2.24) is 10.2 Å². The highest BCUT2D eigenvalue weighted by molar-refractivity contribution is 4.95. The van der Waals surface area contributed by atoms with Gasteiger partial charge in [-0.25, -0.2) is 4.39 Å². The molecule has 2 aliphatic rings. The summed E-state index contributed by atoms with van der Waals surface area (Å²) >= 11 is 0. The number of nitrogens with two attached hydrogens (primary N) is 1. The lowest BCUT2D eigenvalue weighted by Gasteiger charge is -2.47. The zero-order chi connectivity index (χ0) is 14.9. The molecule has 3 unspecified atom stereocenters. The summed E-state index contributed by atoms with van der Waals surface area (Å²) in [5.41, 5.74) is 5.87. The minimum absolute atomic E-state index is 0.0737. The lowest BCUT2D eigenvalue weighted by atomic mass is 9.83. The summed E-state index contributed by atoms with van der Waals surface area (Å²) in [6.45, 7) is 0.557. The Labute approximate surface area is 116 Å². The summed E-state index contributed by atoms with van der Waals surface area (Å²) in [6, 6.07) is -0.543. The van der Waals surface area contributed by atoms with Crippen LogP contribution in [0.25, 0.3) is 0 Å². The molecule has 7 heteroatoms. The Morgan fingerprint density at radius 3 is 2.20 bits per heavy atom. The quantitative estimate of drug-likeness (QED) is 0.766. The Morgan fingerprint density at radius 1 is 1.10 bits per heavy atom. The fourth-order valence-corrected chi connectivity index (χ4v) is 3.53. The van der Waals surface area contributed by atoms with Crippen molar-refractivity contribution in [3.05, 3.63) is 0 Å². The largest absolute Gasteiger partial charge is 0.391 e. The lowest BCUT2D eigenvalue weighted by Crippen LogP contribution is -2.65. The summed E-state index contributed by atoms with van der Waals surface area (Å²) in [4.78, 5) is 2.06. The fraction of sp³-hybridized carbons (Fsp3) is 1.00. The van der Waals surface area contributed by atoms with E-state index in [-0.39, 0.29) is 25.0 Å². The molecule has 3 N–H and O–H groups in total. The summed E-state index contributed by atoms with van der Waals surface area (Å²) < 4.78 is 51.6. The third-order valence-electron chi connectivity index (χ3n) is 4.73. The van der Waals surface area contributed by atoms with Gasteiger partial charge in [0.15, 0.2) is 0 Å². The van der Waals surface area contributed by atoms with E-state index in [1.807, 2.05) is 0 Å². The second kappa shape index (κ2) is 6.15. The van der Waals surface area contributed by atoms with Crippen LogP contribution in [0.3, 0.4) is 0 Å². The fourth-order valence-electron chi connectivity index (χ4n) is 3.53. The van der Waals surface area contributed by atoms with Gasteiger partial charge < -0.3 is 11.1 Å². The molecule has 0 aromatic heterocycles. The topological polar surface area (TPSA) is 41.3 Å².